The number of hydrogen-bond acceptors (Lipinski definition) is 6. The van der Waals surface area contributed by atoms with Gasteiger partial charge >= 0.3 is 0 Å². The summed E-state index contributed by atoms with van der Waals surface area (Å²) in [7, 11) is 0. The summed E-state index contributed by atoms with van der Waals surface area (Å²) >= 11 is 0. The maximum absolute atomic E-state index is 9.47. The lowest BCUT2D eigenvalue weighted by molar-refractivity contribution is 0.425. The highest BCUT2D eigenvalue weighted by Gasteiger charge is 2.29. The lowest BCUT2D eigenvalue weighted by Gasteiger charge is -2.40. The second-order valence-corrected chi connectivity index (χ2v) is 7.99. The monoisotopic (exact) mass is 360 g/mol. The number of hydrogen-bond donors (Lipinski definition) is 1. The van der Waals surface area contributed by atoms with E-state index in [1.807, 2.05) is 6.07 Å². The molecule has 1 N–H and O–H groups in total. The first kappa shape index (κ1) is 16.5. The van der Waals surface area contributed by atoms with E-state index >= 15 is 0 Å². The van der Waals surface area contributed by atoms with E-state index in [4.69, 9.17) is 4.98 Å². The Morgan fingerprint density at radius 1 is 1.00 bits per heavy atom. The zero-order chi connectivity index (χ0) is 18.2. The van der Waals surface area contributed by atoms with Crippen molar-refractivity contribution in [3.8, 4) is 6.07 Å². The minimum atomic E-state index is 0.546. The van der Waals surface area contributed by atoms with Crippen LogP contribution in [-0.2, 0) is 25.7 Å². The second-order valence-electron chi connectivity index (χ2n) is 7.99. The van der Waals surface area contributed by atoms with E-state index in [0.29, 0.717) is 11.5 Å². The molecule has 3 aliphatic rings. The molecule has 0 radical (unpaired) electrons. The van der Waals surface area contributed by atoms with Crippen LogP contribution in [0.1, 0.15) is 47.3 Å². The first-order valence-electron chi connectivity index (χ1n) is 10.1. The topological polar surface area (TPSA) is 77.7 Å². The molecule has 2 aromatic rings. The average molecular weight is 360 g/mol. The molecule has 0 atom stereocenters. The lowest BCUT2D eigenvalue weighted by Crippen LogP contribution is -2.50. The highest BCUT2D eigenvalue weighted by molar-refractivity contribution is 5.55. The van der Waals surface area contributed by atoms with Crippen LogP contribution in [0.5, 0.6) is 0 Å². The summed E-state index contributed by atoms with van der Waals surface area (Å²) in [5.41, 5.74) is 5.66. The molecular weight excluding hydrogens is 336 g/mol. The third kappa shape index (κ3) is 3.12. The Bertz CT molecular complexity index is 910. The van der Waals surface area contributed by atoms with E-state index in [1.165, 1.54) is 41.8 Å². The van der Waals surface area contributed by atoms with Crippen molar-refractivity contribution in [3.63, 3.8) is 0 Å². The Kier molecular flexibility index (Phi) is 4.16. The molecule has 6 heteroatoms. The number of pyridine rings is 1. The van der Waals surface area contributed by atoms with Crippen LogP contribution in [0.15, 0.2) is 12.1 Å². The van der Waals surface area contributed by atoms with Crippen LogP contribution in [0.3, 0.4) is 0 Å². The minimum absolute atomic E-state index is 0.546. The van der Waals surface area contributed by atoms with Crippen LogP contribution < -0.4 is 10.2 Å². The van der Waals surface area contributed by atoms with Gasteiger partial charge in [0.2, 0.25) is 0 Å². The summed E-state index contributed by atoms with van der Waals surface area (Å²) in [6.07, 6.45) is 7.90. The molecule has 2 aliphatic carbocycles. The van der Waals surface area contributed by atoms with Crippen molar-refractivity contribution in [3.05, 3.63) is 40.2 Å². The molecule has 0 saturated carbocycles. The van der Waals surface area contributed by atoms with Gasteiger partial charge < -0.3 is 10.2 Å². The molecule has 1 aliphatic heterocycles. The van der Waals surface area contributed by atoms with Gasteiger partial charge in [0.25, 0.3) is 0 Å². The second kappa shape index (κ2) is 6.80. The number of nitrogens with zero attached hydrogens (tertiary/aromatic N) is 5. The first-order chi connectivity index (χ1) is 13.3. The Hall–Kier alpha value is -2.68. The lowest BCUT2D eigenvalue weighted by atomic mass is 9.94. The molecule has 0 amide bonds. The largest absolute Gasteiger partial charge is 0.369 e. The van der Waals surface area contributed by atoms with Crippen LogP contribution in [0.2, 0.25) is 0 Å². The van der Waals surface area contributed by atoms with Crippen molar-refractivity contribution in [2.45, 2.75) is 44.9 Å². The van der Waals surface area contributed by atoms with E-state index in [1.54, 1.807) is 0 Å². The molecule has 138 valence electrons. The molecule has 0 bridgehead atoms. The van der Waals surface area contributed by atoms with Gasteiger partial charge in [0.15, 0.2) is 5.82 Å². The number of rotatable bonds is 4. The van der Waals surface area contributed by atoms with Crippen LogP contribution in [0.25, 0.3) is 0 Å². The molecule has 27 heavy (non-hydrogen) atoms. The van der Waals surface area contributed by atoms with Crippen LogP contribution >= 0.6 is 0 Å². The van der Waals surface area contributed by atoms with Crippen LogP contribution in [-0.4, -0.2) is 34.8 Å². The number of aryl methyl sites for hydroxylation is 4. The van der Waals surface area contributed by atoms with E-state index in [9.17, 15) is 5.26 Å². The molecular formula is C21H24N6. The number of anilines is 2. The maximum Gasteiger partial charge on any atom is 0.151 e. The van der Waals surface area contributed by atoms with Crippen molar-refractivity contribution >= 4 is 11.6 Å². The molecule has 3 heterocycles. The Morgan fingerprint density at radius 3 is 2.67 bits per heavy atom. The molecule has 5 rings (SSSR count). The van der Waals surface area contributed by atoms with Crippen molar-refractivity contribution < 1.29 is 0 Å². The van der Waals surface area contributed by atoms with Gasteiger partial charge in [0.05, 0.1) is 11.3 Å². The zero-order valence-electron chi connectivity index (χ0n) is 15.5. The molecule has 2 aromatic heterocycles. The zero-order valence-corrected chi connectivity index (χ0v) is 15.5. The Morgan fingerprint density at radius 2 is 1.78 bits per heavy atom. The number of nitriles is 1. The number of nitrogens with one attached hydrogen (secondary N) is 1. The van der Waals surface area contributed by atoms with E-state index in [-0.39, 0.29) is 0 Å². The van der Waals surface area contributed by atoms with Crippen molar-refractivity contribution in [2.75, 3.05) is 29.9 Å². The van der Waals surface area contributed by atoms with Gasteiger partial charge in [-0.05, 0) is 68.2 Å². The molecule has 6 nitrogen and oxygen atoms in total. The third-order valence-corrected chi connectivity index (χ3v) is 6.07. The molecule has 1 saturated heterocycles. The summed E-state index contributed by atoms with van der Waals surface area (Å²) in [6, 6.07) is 6.57. The average Bonchev–Trinajstić information content (AvgIpc) is 3.14. The normalized spacial score (nSPS) is 18.4. The minimum Gasteiger partial charge on any atom is -0.369 e. The number of aromatic nitrogens is 3. The quantitative estimate of drug-likeness (QED) is 0.903. The standard InChI is InChI=1S/C21H24N6/c22-10-17-8-15-4-1-2-6-18(15)24-21(17)23-11-14-12-27(13-14)20-9-16-5-3-7-19(16)25-26-20/h8-9,14H,1-7,11-13H2,(H,23,24). The maximum atomic E-state index is 9.47. The molecule has 0 unspecified atom stereocenters. The first-order valence-corrected chi connectivity index (χ1v) is 10.1. The smallest absolute Gasteiger partial charge is 0.151 e. The van der Waals surface area contributed by atoms with Crippen molar-refractivity contribution in [2.24, 2.45) is 5.92 Å². The summed E-state index contributed by atoms with van der Waals surface area (Å²) in [5.74, 6) is 2.31. The fourth-order valence-corrected chi connectivity index (χ4v) is 4.45. The fraction of sp³-hybridized carbons (Fsp3) is 0.524. The van der Waals surface area contributed by atoms with E-state index in [2.05, 4.69) is 32.5 Å². The molecule has 0 spiro atoms. The van der Waals surface area contributed by atoms with E-state index < -0.39 is 0 Å². The van der Waals surface area contributed by atoms with Gasteiger partial charge in [-0.15, -0.1) is 5.10 Å². The SMILES string of the molecule is N#Cc1cc2c(nc1NCC1CN(c3cc4c(nn3)CCC4)C1)CCCC2. The van der Waals surface area contributed by atoms with Gasteiger partial charge in [0, 0.05) is 31.2 Å². The van der Waals surface area contributed by atoms with Crippen molar-refractivity contribution in [1.29, 1.82) is 5.26 Å². The summed E-state index contributed by atoms with van der Waals surface area (Å²) in [5, 5.41) is 21.7. The van der Waals surface area contributed by atoms with E-state index in [0.717, 1.165) is 57.0 Å². The van der Waals surface area contributed by atoms with Crippen LogP contribution in [0, 0.1) is 17.2 Å². The van der Waals surface area contributed by atoms with Crippen LogP contribution in [0.4, 0.5) is 11.6 Å². The Labute approximate surface area is 159 Å². The third-order valence-electron chi connectivity index (χ3n) is 6.07. The molecule has 0 aromatic carbocycles. The highest BCUT2D eigenvalue weighted by Crippen LogP contribution is 2.28. The van der Waals surface area contributed by atoms with Gasteiger partial charge in [-0.1, -0.05) is 0 Å². The highest BCUT2D eigenvalue weighted by atomic mass is 15.3. The number of fused-ring (bicyclic) bond motifs is 2. The fourth-order valence-electron chi connectivity index (χ4n) is 4.45. The Balaban J connectivity index is 1.21. The van der Waals surface area contributed by atoms with Gasteiger partial charge in [-0.3, -0.25) is 0 Å². The molecule has 1 fully saturated rings. The predicted molar refractivity (Wildman–Crippen MR) is 104 cm³/mol. The summed E-state index contributed by atoms with van der Waals surface area (Å²) in [6.45, 7) is 2.80. The van der Waals surface area contributed by atoms with Gasteiger partial charge in [0.1, 0.15) is 11.9 Å². The van der Waals surface area contributed by atoms with Gasteiger partial charge in [-0.2, -0.15) is 10.4 Å². The van der Waals surface area contributed by atoms with Crippen molar-refractivity contribution in [1.82, 2.24) is 15.2 Å². The van der Waals surface area contributed by atoms with Gasteiger partial charge in [-0.25, -0.2) is 4.98 Å². The summed E-state index contributed by atoms with van der Waals surface area (Å²) < 4.78 is 0. The predicted octanol–water partition coefficient (Wildman–Crippen LogP) is 2.66. The summed E-state index contributed by atoms with van der Waals surface area (Å²) in [4.78, 5) is 7.06.